The minimum Gasteiger partial charge on any atom is -0.400 e. The fourth-order valence-electron chi connectivity index (χ4n) is 2.49. The molecule has 1 saturated heterocycles. The third-order valence-electron chi connectivity index (χ3n) is 3.64. The van der Waals surface area contributed by atoms with E-state index in [0.717, 1.165) is 37.8 Å². The lowest BCUT2D eigenvalue weighted by molar-refractivity contribution is 0.283. The first-order valence-corrected chi connectivity index (χ1v) is 7.05. The third kappa shape index (κ3) is 3.88. The number of aryl methyl sites for hydroxylation is 1. The summed E-state index contributed by atoms with van der Waals surface area (Å²) in [4.78, 5) is 13.8. The van der Waals surface area contributed by atoms with E-state index >= 15 is 0 Å². The van der Waals surface area contributed by atoms with Crippen molar-refractivity contribution in [1.82, 2.24) is 14.9 Å². The van der Waals surface area contributed by atoms with Crippen LogP contribution in [0.15, 0.2) is 12.4 Å². The second kappa shape index (κ2) is 6.82. The molecule has 3 rings (SSSR count). The number of aliphatic hydroxyl groups excluding tert-OH is 1. The summed E-state index contributed by atoms with van der Waals surface area (Å²) in [6.45, 7) is 6.60. The fourth-order valence-corrected chi connectivity index (χ4v) is 2.49. The lowest BCUT2D eigenvalue weighted by atomic mass is 10.4. The summed E-state index contributed by atoms with van der Waals surface area (Å²) in [6.07, 6.45) is 7.85. The highest BCUT2D eigenvalue weighted by Crippen LogP contribution is 2.27. The van der Waals surface area contributed by atoms with Gasteiger partial charge in [-0.3, -0.25) is 4.90 Å². The molecule has 0 unspecified atom stereocenters. The lowest BCUT2D eigenvalue weighted by Gasteiger charge is -2.21. The van der Waals surface area contributed by atoms with Crippen molar-refractivity contribution in [3.63, 3.8) is 0 Å². The maximum Gasteiger partial charge on any atom is 0.225 e. The molecule has 5 heteroatoms. The van der Waals surface area contributed by atoms with E-state index in [0.29, 0.717) is 0 Å². The molecule has 5 nitrogen and oxygen atoms in total. The largest absolute Gasteiger partial charge is 0.400 e. The monoisotopic (exact) mass is 264 g/mol. The quantitative estimate of drug-likeness (QED) is 0.866. The molecule has 1 aliphatic carbocycles. The zero-order chi connectivity index (χ0) is 13.7. The molecule has 2 aliphatic rings. The second-order valence-electron chi connectivity index (χ2n) is 5.17. The molecule has 1 aliphatic heterocycles. The van der Waals surface area contributed by atoms with Crippen molar-refractivity contribution >= 4 is 5.95 Å². The smallest absolute Gasteiger partial charge is 0.225 e. The van der Waals surface area contributed by atoms with Gasteiger partial charge in [-0.05, 0) is 31.7 Å². The van der Waals surface area contributed by atoms with Crippen molar-refractivity contribution in [1.29, 1.82) is 0 Å². The van der Waals surface area contributed by atoms with Crippen LogP contribution in [-0.2, 0) is 0 Å². The van der Waals surface area contributed by atoms with Gasteiger partial charge < -0.3 is 10.0 Å². The molecule has 0 spiro atoms. The number of rotatable bonds is 2. The molecule has 1 N–H and O–H groups in total. The summed E-state index contributed by atoms with van der Waals surface area (Å²) in [5, 5.41) is 7.00. The first-order chi connectivity index (χ1) is 9.33. The molecular formula is C14H24N4O. The molecule has 0 bridgehead atoms. The Bertz CT molecular complexity index is 378. The van der Waals surface area contributed by atoms with Crippen molar-refractivity contribution in [2.75, 3.05) is 38.2 Å². The van der Waals surface area contributed by atoms with Gasteiger partial charge in [0.2, 0.25) is 5.95 Å². The van der Waals surface area contributed by atoms with Crippen LogP contribution in [0.4, 0.5) is 5.95 Å². The van der Waals surface area contributed by atoms with Gasteiger partial charge in [-0.1, -0.05) is 0 Å². The van der Waals surface area contributed by atoms with E-state index in [1.165, 1.54) is 32.4 Å². The van der Waals surface area contributed by atoms with Crippen molar-refractivity contribution in [2.45, 2.75) is 32.2 Å². The van der Waals surface area contributed by atoms with E-state index in [4.69, 9.17) is 5.11 Å². The van der Waals surface area contributed by atoms with Gasteiger partial charge in [-0.25, -0.2) is 9.97 Å². The molecule has 0 atom stereocenters. The number of aliphatic hydroxyl groups is 1. The summed E-state index contributed by atoms with van der Waals surface area (Å²) in [5.41, 5.74) is 1.13. The van der Waals surface area contributed by atoms with Gasteiger partial charge in [-0.2, -0.15) is 0 Å². The second-order valence-corrected chi connectivity index (χ2v) is 5.17. The molecule has 0 aromatic carbocycles. The topological polar surface area (TPSA) is 52.5 Å². The maximum absolute atomic E-state index is 7.00. The van der Waals surface area contributed by atoms with Crippen LogP contribution in [-0.4, -0.2) is 59.3 Å². The van der Waals surface area contributed by atoms with Crippen LogP contribution < -0.4 is 4.90 Å². The molecule has 0 amide bonds. The van der Waals surface area contributed by atoms with Gasteiger partial charge in [0.05, 0.1) is 0 Å². The number of aromatic nitrogens is 2. The van der Waals surface area contributed by atoms with Crippen molar-refractivity contribution < 1.29 is 5.11 Å². The Balaban J connectivity index is 0.000000637. The van der Waals surface area contributed by atoms with Crippen LogP contribution in [0.1, 0.15) is 24.8 Å². The van der Waals surface area contributed by atoms with Crippen LogP contribution in [0.5, 0.6) is 0 Å². The SMILES string of the molecule is CO.Cc1cnc(N2CCCN(C3CC3)CC2)nc1. The molecule has 1 aromatic rings. The molecule has 1 saturated carbocycles. The first-order valence-electron chi connectivity index (χ1n) is 7.05. The Labute approximate surface area is 115 Å². The standard InChI is InChI=1S/C13H20N4.CH4O/c1-11-9-14-13(15-10-11)17-6-2-5-16(7-8-17)12-3-4-12;1-2/h9-10,12H,2-8H2,1H3;2H,1H3. The Morgan fingerprint density at radius 1 is 1.05 bits per heavy atom. The van der Waals surface area contributed by atoms with E-state index in [2.05, 4.69) is 19.8 Å². The molecule has 106 valence electrons. The van der Waals surface area contributed by atoms with Gasteiger partial charge >= 0.3 is 0 Å². The van der Waals surface area contributed by atoms with E-state index in [1.54, 1.807) is 0 Å². The molecule has 2 fully saturated rings. The van der Waals surface area contributed by atoms with Crippen LogP contribution >= 0.6 is 0 Å². The van der Waals surface area contributed by atoms with Crippen LogP contribution in [0.2, 0.25) is 0 Å². The average Bonchev–Trinajstić information content (AvgIpc) is 3.28. The lowest BCUT2D eigenvalue weighted by Crippen LogP contribution is -2.32. The molecular weight excluding hydrogens is 240 g/mol. The van der Waals surface area contributed by atoms with Gasteiger partial charge in [0, 0.05) is 51.7 Å². The van der Waals surface area contributed by atoms with E-state index in [9.17, 15) is 0 Å². The highest BCUT2D eigenvalue weighted by molar-refractivity contribution is 5.29. The molecule has 19 heavy (non-hydrogen) atoms. The van der Waals surface area contributed by atoms with E-state index in [-0.39, 0.29) is 0 Å². The van der Waals surface area contributed by atoms with Gasteiger partial charge in [0.25, 0.3) is 0 Å². The number of hydrogen-bond acceptors (Lipinski definition) is 5. The number of anilines is 1. The van der Waals surface area contributed by atoms with Crippen LogP contribution in [0.3, 0.4) is 0 Å². The first kappa shape index (κ1) is 14.2. The summed E-state index contributed by atoms with van der Waals surface area (Å²) >= 11 is 0. The maximum atomic E-state index is 7.00. The number of nitrogens with zero attached hydrogens (tertiary/aromatic N) is 4. The highest BCUT2D eigenvalue weighted by Gasteiger charge is 2.30. The summed E-state index contributed by atoms with van der Waals surface area (Å²) in [7, 11) is 1.00. The third-order valence-corrected chi connectivity index (χ3v) is 3.64. The Morgan fingerprint density at radius 2 is 1.74 bits per heavy atom. The van der Waals surface area contributed by atoms with Crippen LogP contribution in [0.25, 0.3) is 0 Å². The van der Waals surface area contributed by atoms with Crippen molar-refractivity contribution in [3.8, 4) is 0 Å². The van der Waals surface area contributed by atoms with Gasteiger partial charge in [-0.15, -0.1) is 0 Å². The molecule has 0 radical (unpaired) electrons. The van der Waals surface area contributed by atoms with E-state index in [1.807, 2.05) is 19.3 Å². The summed E-state index contributed by atoms with van der Waals surface area (Å²) in [6, 6.07) is 0.883. The zero-order valence-electron chi connectivity index (χ0n) is 11.9. The molecule has 2 heterocycles. The Kier molecular flexibility index (Phi) is 5.10. The normalized spacial score (nSPS) is 20.5. The number of hydrogen-bond donors (Lipinski definition) is 1. The van der Waals surface area contributed by atoms with Crippen LogP contribution in [0, 0.1) is 6.92 Å². The average molecular weight is 264 g/mol. The minimum atomic E-state index is 0.883. The van der Waals surface area contributed by atoms with E-state index < -0.39 is 0 Å². The van der Waals surface area contributed by atoms with Gasteiger partial charge in [0.1, 0.15) is 0 Å². The summed E-state index contributed by atoms with van der Waals surface area (Å²) in [5.74, 6) is 0.897. The fraction of sp³-hybridized carbons (Fsp3) is 0.714. The van der Waals surface area contributed by atoms with Crippen molar-refractivity contribution in [3.05, 3.63) is 18.0 Å². The Hall–Kier alpha value is -1.20. The van der Waals surface area contributed by atoms with Gasteiger partial charge in [0.15, 0.2) is 0 Å². The predicted molar refractivity (Wildman–Crippen MR) is 76.3 cm³/mol. The predicted octanol–water partition coefficient (Wildman–Crippen LogP) is 1.07. The van der Waals surface area contributed by atoms with Crippen molar-refractivity contribution in [2.24, 2.45) is 0 Å². The molecule has 1 aromatic heterocycles. The zero-order valence-corrected chi connectivity index (χ0v) is 11.9. The minimum absolute atomic E-state index is 0.883. The summed E-state index contributed by atoms with van der Waals surface area (Å²) < 4.78 is 0. The highest BCUT2D eigenvalue weighted by atomic mass is 16.2. The Morgan fingerprint density at radius 3 is 2.37 bits per heavy atom.